The van der Waals surface area contributed by atoms with Crippen LogP contribution in [-0.2, 0) is 7.05 Å². The topological polar surface area (TPSA) is 98.4 Å². The zero-order chi connectivity index (χ0) is 22.9. The molecule has 0 fully saturated rings. The van der Waals surface area contributed by atoms with Gasteiger partial charge in [-0.1, -0.05) is 12.1 Å². The molecular weight excluding hydrogens is 427 g/mol. The summed E-state index contributed by atoms with van der Waals surface area (Å²) in [6.45, 7) is 0. The summed E-state index contributed by atoms with van der Waals surface area (Å²) in [6, 6.07) is 4.16. The van der Waals surface area contributed by atoms with Crippen LogP contribution in [0.2, 0.25) is 0 Å². The van der Waals surface area contributed by atoms with E-state index in [-0.39, 0.29) is 17.8 Å². The van der Waals surface area contributed by atoms with Crippen molar-refractivity contribution in [3.8, 4) is 5.75 Å². The average Bonchev–Trinajstić information content (AvgIpc) is 3.38. The molecule has 2 unspecified atom stereocenters. The minimum absolute atomic E-state index is 0.0199. The van der Waals surface area contributed by atoms with Crippen LogP contribution in [0.15, 0.2) is 48.0 Å². The molecule has 2 aromatic heterocycles. The van der Waals surface area contributed by atoms with Crippen molar-refractivity contribution in [2.45, 2.75) is 24.7 Å². The lowest BCUT2D eigenvalue weighted by atomic mass is 9.96. The number of carbonyl (C=O) groups excluding carboxylic acids is 1. The van der Waals surface area contributed by atoms with Gasteiger partial charge in [-0.2, -0.15) is 28.5 Å². The Morgan fingerprint density at radius 2 is 2.03 bits per heavy atom. The molecule has 3 aromatic rings. The quantitative estimate of drug-likeness (QED) is 0.463. The SMILES string of the molecule is COc1ccc(C2CC(C(F)(F)F)n3ncc(C(=O)NN=Cc4cnn(C)c4)c3N2)cc1. The second-order valence-corrected chi connectivity index (χ2v) is 7.26. The standard InChI is InChI=1S/C20H20F3N7O2/c1-29-11-12(9-25-29)8-24-28-19(31)15-10-26-30-17(20(21,22)23)7-16(27-18(15)30)13-3-5-14(32-2)6-4-13/h3-6,8-11,16-17,27H,7H2,1-2H3,(H,28,31). The minimum Gasteiger partial charge on any atom is -0.497 e. The van der Waals surface area contributed by atoms with E-state index < -0.39 is 24.2 Å². The fourth-order valence-electron chi connectivity index (χ4n) is 3.52. The van der Waals surface area contributed by atoms with Crippen molar-refractivity contribution >= 4 is 17.9 Å². The fourth-order valence-corrected chi connectivity index (χ4v) is 3.52. The Morgan fingerprint density at radius 3 is 2.66 bits per heavy atom. The predicted octanol–water partition coefficient (Wildman–Crippen LogP) is 3.05. The lowest BCUT2D eigenvalue weighted by Crippen LogP contribution is -2.36. The highest BCUT2D eigenvalue weighted by atomic mass is 19.4. The number of hydrogen-bond acceptors (Lipinski definition) is 6. The third-order valence-corrected chi connectivity index (χ3v) is 5.11. The van der Waals surface area contributed by atoms with E-state index in [0.29, 0.717) is 16.9 Å². The van der Waals surface area contributed by atoms with Crippen molar-refractivity contribution in [1.82, 2.24) is 25.0 Å². The first kappa shape index (κ1) is 21.4. The van der Waals surface area contributed by atoms with Gasteiger partial charge in [0.2, 0.25) is 0 Å². The molecular formula is C20H20F3N7O2. The summed E-state index contributed by atoms with van der Waals surface area (Å²) < 4.78 is 48.9. The van der Waals surface area contributed by atoms with Gasteiger partial charge in [-0.15, -0.1) is 0 Å². The third kappa shape index (κ3) is 4.29. The van der Waals surface area contributed by atoms with Gasteiger partial charge in [-0.05, 0) is 17.7 Å². The van der Waals surface area contributed by atoms with Gasteiger partial charge in [0.15, 0.2) is 6.04 Å². The van der Waals surface area contributed by atoms with E-state index in [1.54, 1.807) is 48.4 Å². The lowest BCUT2D eigenvalue weighted by Gasteiger charge is -2.34. The van der Waals surface area contributed by atoms with E-state index >= 15 is 0 Å². The third-order valence-electron chi connectivity index (χ3n) is 5.11. The molecule has 0 saturated carbocycles. The predicted molar refractivity (Wildman–Crippen MR) is 110 cm³/mol. The molecule has 1 aromatic carbocycles. The number of nitrogens with zero attached hydrogens (tertiary/aromatic N) is 5. The summed E-state index contributed by atoms with van der Waals surface area (Å²) in [4.78, 5) is 12.6. The highest BCUT2D eigenvalue weighted by Crippen LogP contribution is 2.44. The molecule has 32 heavy (non-hydrogen) atoms. The molecule has 0 saturated heterocycles. The van der Waals surface area contributed by atoms with Crippen LogP contribution < -0.4 is 15.5 Å². The minimum atomic E-state index is -4.54. The number of aromatic nitrogens is 4. The van der Waals surface area contributed by atoms with Gasteiger partial charge in [0, 0.05) is 25.2 Å². The van der Waals surface area contributed by atoms with Crippen molar-refractivity contribution in [2.24, 2.45) is 12.1 Å². The summed E-state index contributed by atoms with van der Waals surface area (Å²) in [6.07, 6.45) is 0.905. The van der Waals surface area contributed by atoms with Crippen LogP contribution in [0.5, 0.6) is 5.75 Å². The first-order chi connectivity index (χ1) is 15.3. The molecule has 0 spiro atoms. The Labute approximate surface area is 180 Å². The average molecular weight is 447 g/mol. The number of benzene rings is 1. The van der Waals surface area contributed by atoms with Gasteiger partial charge in [0.05, 0.1) is 31.8 Å². The summed E-state index contributed by atoms with van der Waals surface area (Å²) in [5.74, 6) is -0.114. The van der Waals surface area contributed by atoms with E-state index in [0.717, 1.165) is 10.9 Å². The number of anilines is 1. The van der Waals surface area contributed by atoms with Crippen LogP contribution in [0.1, 0.15) is 40.0 Å². The molecule has 1 amide bonds. The monoisotopic (exact) mass is 447 g/mol. The van der Waals surface area contributed by atoms with Crippen molar-refractivity contribution in [1.29, 1.82) is 0 Å². The number of hydrogen-bond donors (Lipinski definition) is 2. The van der Waals surface area contributed by atoms with Crippen LogP contribution >= 0.6 is 0 Å². The molecule has 2 atom stereocenters. The molecule has 3 heterocycles. The number of rotatable bonds is 5. The maximum absolute atomic E-state index is 13.8. The highest BCUT2D eigenvalue weighted by molar-refractivity contribution is 5.99. The Balaban J connectivity index is 1.60. The van der Waals surface area contributed by atoms with Crippen LogP contribution in [0.3, 0.4) is 0 Å². The van der Waals surface area contributed by atoms with E-state index in [1.165, 1.54) is 13.3 Å². The summed E-state index contributed by atoms with van der Waals surface area (Å²) in [7, 11) is 3.24. The maximum Gasteiger partial charge on any atom is 0.410 e. The van der Waals surface area contributed by atoms with Crippen LogP contribution in [0.4, 0.5) is 19.0 Å². The number of halogens is 3. The summed E-state index contributed by atoms with van der Waals surface area (Å²) in [5, 5.41) is 14.7. The van der Waals surface area contributed by atoms with E-state index in [1.807, 2.05) is 0 Å². The molecule has 1 aliphatic heterocycles. The number of aryl methyl sites for hydroxylation is 1. The van der Waals surface area contributed by atoms with Crippen molar-refractivity contribution in [2.75, 3.05) is 12.4 Å². The number of alkyl halides is 3. The Hall–Kier alpha value is -3.83. The van der Waals surface area contributed by atoms with Crippen LogP contribution in [-0.4, -0.2) is 45.0 Å². The molecule has 168 valence electrons. The number of methoxy groups -OCH3 is 1. The number of fused-ring (bicyclic) bond motifs is 1. The first-order valence-electron chi connectivity index (χ1n) is 9.63. The molecule has 12 heteroatoms. The molecule has 0 aliphatic carbocycles. The first-order valence-corrected chi connectivity index (χ1v) is 9.63. The molecule has 1 aliphatic rings. The van der Waals surface area contributed by atoms with E-state index in [9.17, 15) is 18.0 Å². The van der Waals surface area contributed by atoms with Gasteiger partial charge in [0.1, 0.15) is 17.1 Å². The highest BCUT2D eigenvalue weighted by Gasteiger charge is 2.47. The van der Waals surface area contributed by atoms with Crippen molar-refractivity contribution < 1.29 is 22.7 Å². The van der Waals surface area contributed by atoms with Gasteiger partial charge < -0.3 is 10.1 Å². The second-order valence-electron chi connectivity index (χ2n) is 7.26. The van der Waals surface area contributed by atoms with Crippen molar-refractivity contribution in [3.05, 3.63) is 59.5 Å². The number of amides is 1. The number of hydrazone groups is 1. The maximum atomic E-state index is 13.8. The second kappa shape index (κ2) is 8.36. The number of ether oxygens (including phenoxy) is 1. The Morgan fingerprint density at radius 1 is 1.28 bits per heavy atom. The lowest BCUT2D eigenvalue weighted by molar-refractivity contribution is -0.173. The van der Waals surface area contributed by atoms with Crippen LogP contribution in [0, 0.1) is 0 Å². The number of nitrogens with one attached hydrogen (secondary N) is 2. The Kier molecular flexibility index (Phi) is 5.59. The zero-order valence-corrected chi connectivity index (χ0v) is 17.2. The molecule has 9 nitrogen and oxygen atoms in total. The van der Waals surface area contributed by atoms with Gasteiger partial charge in [-0.25, -0.2) is 10.1 Å². The Bertz CT molecular complexity index is 1140. The van der Waals surface area contributed by atoms with Gasteiger partial charge >= 0.3 is 6.18 Å². The summed E-state index contributed by atoms with van der Waals surface area (Å²) in [5.41, 5.74) is 3.56. The molecule has 2 N–H and O–H groups in total. The van der Waals surface area contributed by atoms with Crippen LogP contribution in [0.25, 0.3) is 0 Å². The molecule has 0 bridgehead atoms. The van der Waals surface area contributed by atoms with E-state index in [2.05, 4.69) is 26.0 Å². The fraction of sp³-hybridized carbons (Fsp3) is 0.300. The van der Waals surface area contributed by atoms with Gasteiger partial charge in [-0.3, -0.25) is 9.48 Å². The smallest absolute Gasteiger partial charge is 0.410 e. The largest absolute Gasteiger partial charge is 0.497 e. The van der Waals surface area contributed by atoms with Crippen molar-refractivity contribution in [3.63, 3.8) is 0 Å². The van der Waals surface area contributed by atoms with E-state index in [4.69, 9.17) is 4.74 Å². The zero-order valence-electron chi connectivity index (χ0n) is 17.2. The molecule has 4 rings (SSSR count). The number of carbonyl (C=O) groups is 1. The van der Waals surface area contributed by atoms with Gasteiger partial charge in [0.25, 0.3) is 5.91 Å². The normalized spacial score (nSPS) is 18.3. The molecule has 0 radical (unpaired) electrons. The summed E-state index contributed by atoms with van der Waals surface area (Å²) >= 11 is 0.